The molecule has 3 rings (SSSR count). The molecule has 1 heterocycles. The molecule has 3 aromatic rings. The van der Waals surface area contributed by atoms with Crippen molar-refractivity contribution in [1.29, 1.82) is 0 Å². The Morgan fingerprint density at radius 3 is 2.46 bits per heavy atom. The van der Waals surface area contributed by atoms with Crippen LogP contribution in [0.5, 0.6) is 5.75 Å². The highest BCUT2D eigenvalue weighted by Gasteiger charge is 2.31. The molecule has 6 nitrogen and oxygen atoms in total. The van der Waals surface area contributed by atoms with Gasteiger partial charge in [0.2, 0.25) is 0 Å². The number of H-pyrrole nitrogens is 1. The number of likely N-dealkylation sites (N-methyl/N-ethyl adjacent to an activating group) is 2. The second-order valence-corrected chi connectivity index (χ2v) is 10.5. The molecule has 1 aromatic heterocycles. The molecule has 0 radical (unpaired) electrons. The van der Waals surface area contributed by atoms with Gasteiger partial charge in [0.05, 0.1) is 16.6 Å². The fourth-order valence-electron chi connectivity index (χ4n) is 3.81. The van der Waals surface area contributed by atoms with Gasteiger partial charge in [-0.15, -0.1) is 11.8 Å². The molecule has 0 aliphatic rings. The molecular weight excluding hydrogens is 527 g/mol. The van der Waals surface area contributed by atoms with Gasteiger partial charge in [-0.05, 0) is 63.5 Å². The SMILES string of the molecule is CCN(C)CCN(C)CCC(O)CSc1c(-c2cc(Cl)ccc2O)c2cc(C(F)(F)F)ccc2[nH]c1=O. The third-order valence-corrected chi connectivity index (χ3v) is 7.66. The third-order valence-electron chi connectivity index (χ3n) is 6.19. The van der Waals surface area contributed by atoms with Crippen LogP contribution in [0.15, 0.2) is 46.1 Å². The molecule has 0 amide bonds. The molecule has 202 valence electrons. The minimum absolute atomic E-state index is 0.0985. The predicted octanol–water partition coefficient (Wildman–Crippen LogP) is 5.30. The molecule has 1 atom stereocenters. The first kappa shape index (κ1) is 29.3. The number of benzene rings is 2. The van der Waals surface area contributed by atoms with Crippen molar-refractivity contribution in [2.75, 3.05) is 46.0 Å². The number of aliphatic hydroxyl groups excluding tert-OH is 1. The minimum Gasteiger partial charge on any atom is -0.507 e. The molecule has 0 saturated carbocycles. The van der Waals surface area contributed by atoms with Crippen molar-refractivity contribution in [2.24, 2.45) is 0 Å². The van der Waals surface area contributed by atoms with Crippen molar-refractivity contribution in [1.82, 2.24) is 14.8 Å². The molecule has 0 aliphatic carbocycles. The van der Waals surface area contributed by atoms with Gasteiger partial charge in [-0.1, -0.05) is 18.5 Å². The number of hydrogen-bond acceptors (Lipinski definition) is 6. The normalized spacial score (nSPS) is 13.1. The van der Waals surface area contributed by atoms with Crippen LogP contribution in [0.4, 0.5) is 13.2 Å². The molecule has 1 unspecified atom stereocenters. The number of nitrogens with one attached hydrogen (secondary N) is 1. The largest absolute Gasteiger partial charge is 0.507 e. The molecule has 0 fully saturated rings. The first-order chi connectivity index (χ1) is 17.4. The Labute approximate surface area is 223 Å². The fourth-order valence-corrected chi connectivity index (χ4v) is 5.05. The lowest BCUT2D eigenvalue weighted by Gasteiger charge is -2.22. The fraction of sp³-hybridized carbons (Fsp3) is 0.423. The van der Waals surface area contributed by atoms with Crippen molar-refractivity contribution in [2.45, 2.75) is 30.5 Å². The lowest BCUT2D eigenvalue weighted by Crippen LogP contribution is -2.32. The van der Waals surface area contributed by atoms with Crippen LogP contribution in [-0.4, -0.2) is 77.1 Å². The van der Waals surface area contributed by atoms with Crippen molar-refractivity contribution in [3.8, 4) is 16.9 Å². The van der Waals surface area contributed by atoms with Crippen LogP contribution in [0, 0.1) is 0 Å². The van der Waals surface area contributed by atoms with E-state index < -0.39 is 23.4 Å². The van der Waals surface area contributed by atoms with Crippen molar-refractivity contribution >= 4 is 34.3 Å². The van der Waals surface area contributed by atoms with E-state index in [1.54, 1.807) is 0 Å². The van der Waals surface area contributed by atoms with E-state index in [0.717, 1.165) is 43.5 Å². The summed E-state index contributed by atoms with van der Waals surface area (Å²) in [6.07, 6.45) is -4.89. The van der Waals surface area contributed by atoms with Gasteiger partial charge in [-0.25, -0.2) is 0 Å². The number of alkyl halides is 3. The number of rotatable bonds is 11. The summed E-state index contributed by atoms with van der Waals surface area (Å²) in [6, 6.07) is 7.22. The topological polar surface area (TPSA) is 79.8 Å². The Morgan fingerprint density at radius 1 is 1.08 bits per heavy atom. The van der Waals surface area contributed by atoms with Crippen molar-refractivity contribution in [3.05, 3.63) is 57.3 Å². The lowest BCUT2D eigenvalue weighted by molar-refractivity contribution is -0.137. The van der Waals surface area contributed by atoms with E-state index in [1.165, 1.54) is 24.3 Å². The number of phenolic OH excluding ortho intramolecular Hbond substituents is 1. The number of aromatic nitrogens is 1. The molecule has 2 aromatic carbocycles. The summed E-state index contributed by atoms with van der Waals surface area (Å²) >= 11 is 7.17. The Morgan fingerprint density at radius 2 is 1.78 bits per heavy atom. The van der Waals surface area contributed by atoms with E-state index >= 15 is 0 Å². The van der Waals surface area contributed by atoms with Gasteiger partial charge < -0.3 is 25.0 Å². The van der Waals surface area contributed by atoms with Gasteiger partial charge in [-0.2, -0.15) is 13.2 Å². The van der Waals surface area contributed by atoms with E-state index in [9.17, 15) is 28.2 Å². The average Bonchev–Trinajstić information content (AvgIpc) is 2.85. The minimum atomic E-state index is -4.60. The second-order valence-electron chi connectivity index (χ2n) is 9.03. The van der Waals surface area contributed by atoms with Gasteiger partial charge in [-0.3, -0.25) is 4.79 Å². The molecule has 11 heteroatoms. The number of phenols is 1. The summed E-state index contributed by atoms with van der Waals surface area (Å²) in [5.41, 5.74) is -0.946. The van der Waals surface area contributed by atoms with Gasteiger partial charge >= 0.3 is 6.18 Å². The zero-order chi connectivity index (χ0) is 27.3. The van der Waals surface area contributed by atoms with E-state index in [-0.39, 0.29) is 43.5 Å². The number of pyridine rings is 1. The van der Waals surface area contributed by atoms with Gasteiger partial charge in [0.1, 0.15) is 5.75 Å². The van der Waals surface area contributed by atoms with E-state index in [1.807, 2.05) is 14.1 Å². The Hall–Kier alpha value is -2.24. The molecule has 37 heavy (non-hydrogen) atoms. The number of fused-ring (bicyclic) bond motifs is 1. The molecule has 0 bridgehead atoms. The van der Waals surface area contributed by atoms with Crippen LogP contribution in [0.1, 0.15) is 18.9 Å². The predicted molar refractivity (Wildman–Crippen MR) is 144 cm³/mol. The number of aliphatic hydroxyl groups is 1. The molecule has 0 aliphatic heterocycles. The van der Waals surface area contributed by atoms with E-state index in [4.69, 9.17) is 11.6 Å². The standard InChI is InChI=1S/C26H31ClF3N3O3S/c1-4-32(2)11-12-33(3)10-9-18(34)15-37-24-23(20-14-17(27)6-8-22(20)35)19-13-16(26(28,29)30)5-7-21(19)31-25(24)36/h5-8,13-14,18,34-35H,4,9-12,15H2,1-3H3,(H,31,36). The lowest BCUT2D eigenvalue weighted by atomic mass is 9.98. The summed E-state index contributed by atoms with van der Waals surface area (Å²) in [6.45, 7) is 5.41. The summed E-state index contributed by atoms with van der Waals surface area (Å²) in [5.74, 6) is -0.0836. The maximum absolute atomic E-state index is 13.5. The summed E-state index contributed by atoms with van der Waals surface area (Å²) in [7, 11) is 4.00. The summed E-state index contributed by atoms with van der Waals surface area (Å²) < 4.78 is 40.5. The van der Waals surface area contributed by atoms with E-state index in [0.29, 0.717) is 13.0 Å². The van der Waals surface area contributed by atoms with Crippen LogP contribution < -0.4 is 5.56 Å². The van der Waals surface area contributed by atoms with Crippen LogP contribution in [0.2, 0.25) is 5.02 Å². The highest BCUT2D eigenvalue weighted by Crippen LogP contribution is 2.42. The highest BCUT2D eigenvalue weighted by atomic mass is 35.5. The average molecular weight is 558 g/mol. The smallest absolute Gasteiger partial charge is 0.416 e. The van der Waals surface area contributed by atoms with Crippen LogP contribution >= 0.6 is 23.4 Å². The Balaban J connectivity index is 1.93. The number of aromatic amines is 1. The zero-order valence-electron chi connectivity index (χ0n) is 20.9. The maximum atomic E-state index is 13.5. The van der Waals surface area contributed by atoms with Crippen molar-refractivity contribution < 1.29 is 23.4 Å². The van der Waals surface area contributed by atoms with Crippen molar-refractivity contribution in [3.63, 3.8) is 0 Å². The summed E-state index contributed by atoms with van der Waals surface area (Å²) in [5, 5.41) is 21.5. The molecule has 3 N–H and O–H groups in total. The number of nitrogens with zero attached hydrogens (tertiary/aromatic N) is 2. The zero-order valence-corrected chi connectivity index (χ0v) is 22.5. The number of thioether (sulfide) groups is 1. The first-order valence-electron chi connectivity index (χ1n) is 11.8. The number of hydrogen-bond donors (Lipinski definition) is 3. The van der Waals surface area contributed by atoms with Crippen LogP contribution in [-0.2, 0) is 6.18 Å². The van der Waals surface area contributed by atoms with E-state index in [2.05, 4.69) is 21.7 Å². The van der Waals surface area contributed by atoms with Gasteiger partial charge in [0.25, 0.3) is 5.56 Å². The summed E-state index contributed by atoms with van der Waals surface area (Å²) in [4.78, 5) is 20.1. The highest BCUT2D eigenvalue weighted by molar-refractivity contribution is 7.99. The number of halogens is 4. The quantitative estimate of drug-likeness (QED) is 0.278. The maximum Gasteiger partial charge on any atom is 0.416 e. The number of aromatic hydroxyl groups is 1. The van der Waals surface area contributed by atoms with Gasteiger partial charge in [0.15, 0.2) is 0 Å². The molecule has 0 saturated heterocycles. The monoisotopic (exact) mass is 557 g/mol. The van der Waals surface area contributed by atoms with Crippen LogP contribution in [0.25, 0.3) is 22.0 Å². The second kappa shape index (κ2) is 12.5. The third kappa shape index (κ3) is 7.64. The van der Waals surface area contributed by atoms with Crippen LogP contribution in [0.3, 0.4) is 0 Å². The molecule has 0 spiro atoms. The van der Waals surface area contributed by atoms with Gasteiger partial charge in [0, 0.05) is 52.4 Å². The first-order valence-corrected chi connectivity index (χ1v) is 13.2. The Kier molecular flexibility index (Phi) is 9.93. The molecular formula is C26H31ClF3N3O3S. The Bertz CT molecular complexity index is 1290.